The average Bonchev–Trinajstić information content (AvgIpc) is 2.47. The third kappa shape index (κ3) is 3.98. The Hall–Kier alpha value is -0.810. The summed E-state index contributed by atoms with van der Waals surface area (Å²) in [6.45, 7) is 6.51. The maximum Gasteiger partial charge on any atom is 0.140 e. The number of nitrogens with two attached hydrogens (primary N) is 1. The van der Waals surface area contributed by atoms with Gasteiger partial charge in [0.05, 0.1) is 0 Å². The van der Waals surface area contributed by atoms with Crippen LogP contribution in [0.25, 0.3) is 0 Å². The first kappa shape index (κ1) is 13.3. The van der Waals surface area contributed by atoms with E-state index in [-0.39, 0.29) is 0 Å². The molecule has 1 fully saturated rings. The van der Waals surface area contributed by atoms with E-state index < -0.39 is 0 Å². The molecule has 0 radical (unpaired) electrons. The number of nitrogens with zero attached hydrogens (tertiary/aromatic N) is 3. The Morgan fingerprint density at radius 2 is 2.25 bits per heavy atom. The average molecular weight is 228 g/mol. The topological polar surface area (TPSA) is 65.1 Å². The number of hydrogen-bond donors (Lipinski definition) is 2. The Morgan fingerprint density at radius 1 is 1.50 bits per heavy atom. The van der Waals surface area contributed by atoms with Gasteiger partial charge in [-0.2, -0.15) is 0 Å². The zero-order valence-electron chi connectivity index (χ0n) is 10.4. The van der Waals surface area contributed by atoms with Gasteiger partial charge in [-0.05, 0) is 33.0 Å². The van der Waals surface area contributed by atoms with Crippen LogP contribution in [0.5, 0.6) is 0 Å². The molecule has 1 unspecified atom stereocenters. The molecule has 0 aromatic heterocycles. The van der Waals surface area contributed by atoms with Crippen molar-refractivity contribution in [3.8, 4) is 0 Å². The third-order valence-electron chi connectivity index (χ3n) is 3.28. The van der Waals surface area contributed by atoms with Crippen LogP contribution in [-0.4, -0.2) is 60.1 Å². The predicted molar refractivity (Wildman–Crippen MR) is 65.8 cm³/mol. The van der Waals surface area contributed by atoms with Gasteiger partial charge >= 0.3 is 0 Å². The highest BCUT2D eigenvalue weighted by Gasteiger charge is 2.21. The molecule has 0 saturated carbocycles. The van der Waals surface area contributed by atoms with Crippen LogP contribution in [0.15, 0.2) is 5.16 Å². The lowest BCUT2D eigenvalue weighted by molar-refractivity contribution is 0.187. The minimum atomic E-state index is 0.326. The molecule has 94 valence electrons. The number of hydrogen-bond acceptors (Lipinski definition) is 4. The highest BCUT2D eigenvalue weighted by molar-refractivity contribution is 5.79. The van der Waals surface area contributed by atoms with Crippen LogP contribution in [0.4, 0.5) is 0 Å². The maximum absolute atomic E-state index is 8.52. The molecule has 1 rings (SSSR count). The van der Waals surface area contributed by atoms with Gasteiger partial charge in [0.1, 0.15) is 5.84 Å². The summed E-state index contributed by atoms with van der Waals surface area (Å²) in [5, 5.41) is 11.5. The highest BCUT2D eigenvalue weighted by Crippen LogP contribution is 2.12. The standard InChI is InChI=1S/C11H24N4O/c1-3-10-9-14(2)6-4-7-15(10)8-5-11(12)13-16/h10,16H,3-9H2,1-2H3,(H2,12,13). The Balaban J connectivity index is 2.48. The summed E-state index contributed by atoms with van der Waals surface area (Å²) >= 11 is 0. The Kier molecular flexibility index (Phi) is 5.55. The molecule has 5 heteroatoms. The van der Waals surface area contributed by atoms with Gasteiger partial charge in [0.2, 0.25) is 0 Å². The van der Waals surface area contributed by atoms with Gasteiger partial charge < -0.3 is 15.8 Å². The normalized spacial score (nSPS) is 25.6. The number of amidine groups is 1. The molecule has 3 N–H and O–H groups in total. The molecule has 5 nitrogen and oxygen atoms in total. The lowest BCUT2D eigenvalue weighted by atomic mass is 10.1. The van der Waals surface area contributed by atoms with Crippen molar-refractivity contribution >= 4 is 5.84 Å². The molecule has 0 aromatic rings. The lowest BCUT2D eigenvalue weighted by Crippen LogP contribution is -2.41. The molecule has 1 saturated heterocycles. The van der Waals surface area contributed by atoms with Crippen molar-refractivity contribution in [3.05, 3.63) is 0 Å². The van der Waals surface area contributed by atoms with Crippen LogP contribution in [0.1, 0.15) is 26.2 Å². The van der Waals surface area contributed by atoms with E-state index in [1.54, 1.807) is 0 Å². The molecule has 0 amide bonds. The van der Waals surface area contributed by atoms with Gasteiger partial charge in [0.15, 0.2) is 0 Å². The lowest BCUT2D eigenvalue weighted by Gasteiger charge is -2.29. The van der Waals surface area contributed by atoms with Crippen molar-refractivity contribution in [1.82, 2.24) is 9.80 Å². The molecule has 1 heterocycles. The van der Waals surface area contributed by atoms with Crippen LogP contribution in [0.2, 0.25) is 0 Å². The predicted octanol–water partition coefficient (Wildman–Crippen LogP) is 0.539. The summed E-state index contributed by atoms with van der Waals surface area (Å²) in [5.74, 6) is 0.326. The van der Waals surface area contributed by atoms with Crippen LogP contribution in [0, 0.1) is 0 Å². The fourth-order valence-corrected chi connectivity index (χ4v) is 2.28. The molecule has 0 aliphatic carbocycles. The van der Waals surface area contributed by atoms with Crippen molar-refractivity contribution in [3.63, 3.8) is 0 Å². The summed E-state index contributed by atoms with van der Waals surface area (Å²) in [6, 6.07) is 0.596. The zero-order chi connectivity index (χ0) is 12.0. The van der Waals surface area contributed by atoms with Crippen LogP contribution in [-0.2, 0) is 0 Å². The van der Waals surface area contributed by atoms with Crippen molar-refractivity contribution in [2.45, 2.75) is 32.2 Å². The number of oxime groups is 1. The third-order valence-corrected chi connectivity index (χ3v) is 3.28. The Labute approximate surface area is 97.9 Å². The van der Waals surface area contributed by atoms with Gasteiger partial charge in [-0.3, -0.25) is 4.90 Å². The van der Waals surface area contributed by atoms with Gasteiger partial charge in [0.25, 0.3) is 0 Å². The smallest absolute Gasteiger partial charge is 0.140 e. The van der Waals surface area contributed by atoms with Crippen molar-refractivity contribution in [2.24, 2.45) is 10.9 Å². The van der Waals surface area contributed by atoms with E-state index in [9.17, 15) is 0 Å². The fourth-order valence-electron chi connectivity index (χ4n) is 2.28. The molecular weight excluding hydrogens is 204 g/mol. The van der Waals surface area contributed by atoms with Crippen LogP contribution < -0.4 is 5.73 Å². The second kappa shape index (κ2) is 6.70. The molecule has 0 bridgehead atoms. The molecule has 1 aliphatic heterocycles. The van der Waals surface area contributed by atoms with Gasteiger partial charge in [-0.15, -0.1) is 0 Å². The highest BCUT2D eigenvalue weighted by atomic mass is 16.4. The molecule has 16 heavy (non-hydrogen) atoms. The van der Waals surface area contributed by atoms with Crippen LogP contribution in [0.3, 0.4) is 0 Å². The minimum Gasteiger partial charge on any atom is -0.409 e. The number of likely N-dealkylation sites (N-methyl/N-ethyl adjacent to an activating group) is 1. The van der Waals surface area contributed by atoms with Crippen molar-refractivity contribution in [2.75, 3.05) is 33.2 Å². The van der Waals surface area contributed by atoms with E-state index >= 15 is 0 Å². The maximum atomic E-state index is 8.52. The summed E-state index contributed by atoms with van der Waals surface area (Å²) in [7, 11) is 2.18. The zero-order valence-corrected chi connectivity index (χ0v) is 10.4. The van der Waals surface area contributed by atoms with Gasteiger partial charge in [-0.1, -0.05) is 12.1 Å². The quantitative estimate of drug-likeness (QED) is 0.319. The second-order valence-electron chi connectivity index (χ2n) is 4.56. The SMILES string of the molecule is CCC1CN(C)CCCN1CCC(N)=NO. The molecular formula is C11H24N4O. The Morgan fingerprint density at radius 3 is 2.88 bits per heavy atom. The fraction of sp³-hybridized carbons (Fsp3) is 0.909. The first-order valence-corrected chi connectivity index (χ1v) is 6.06. The van der Waals surface area contributed by atoms with E-state index in [1.807, 2.05) is 0 Å². The summed E-state index contributed by atoms with van der Waals surface area (Å²) in [4.78, 5) is 4.85. The summed E-state index contributed by atoms with van der Waals surface area (Å²) < 4.78 is 0. The first-order valence-electron chi connectivity index (χ1n) is 6.06. The van der Waals surface area contributed by atoms with E-state index in [0.717, 1.165) is 32.6 Å². The van der Waals surface area contributed by atoms with Crippen LogP contribution >= 0.6 is 0 Å². The molecule has 1 aliphatic rings. The number of rotatable bonds is 4. The Bertz CT molecular complexity index is 232. The largest absolute Gasteiger partial charge is 0.409 e. The minimum absolute atomic E-state index is 0.326. The molecule has 0 aromatic carbocycles. The molecule has 0 spiro atoms. The van der Waals surface area contributed by atoms with Crippen molar-refractivity contribution < 1.29 is 5.21 Å². The van der Waals surface area contributed by atoms with E-state index in [2.05, 4.69) is 28.9 Å². The monoisotopic (exact) mass is 228 g/mol. The van der Waals surface area contributed by atoms with E-state index in [4.69, 9.17) is 10.9 Å². The van der Waals surface area contributed by atoms with Gasteiger partial charge in [0, 0.05) is 25.6 Å². The first-order chi connectivity index (χ1) is 7.67. The van der Waals surface area contributed by atoms with E-state index in [1.165, 1.54) is 6.42 Å². The molecule has 1 atom stereocenters. The second-order valence-corrected chi connectivity index (χ2v) is 4.56. The van der Waals surface area contributed by atoms with Gasteiger partial charge in [-0.25, -0.2) is 0 Å². The van der Waals surface area contributed by atoms with E-state index in [0.29, 0.717) is 18.3 Å². The summed E-state index contributed by atoms with van der Waals surface area (Å²) in [6.07, 6.45) is 3.00. The summed E-state index contributed by atoms with van der Waals surface area (Å²) in [5.41, 5.74) is 5.51. The van der Waals surface area contributed by atoms with Crippen molar-refractivity contribution in [1.29, 1.82) is 0 Å².